The third-order valence-corrected chi connectivity index (χ3v) is 6.37. The fraction of sp³-hybridized carbons (Fsp3) is 0.333. The first kappa shape index (κ1) is 22.1. The third-order valence-electron chi connectivity index (χ3n) is 5.46. The molecular weight excluding hydrogens is 422 g/mol. The first-order chi connectivity index (χ1) is 15.7. The van der Waals surface area contributed by atoms with Crippen LogP contribution in [0, 0.1) is 0 Å². The summed E-state index contributed by atoms with van der Waals surface area (Å²) >= 11 is 1.41. The molecule has 1 aliphatic rings. The first-order valence-corrected chi connectivity index (χ1v) is 11.8. The highest BCUT2D eigenvalue weighted by molar-refractivity contribution is 7.99. The van der Waals surface area contributed by atoms with Crippen LogP contribution in [-0.2, 0) is 4.79 Å². The van der Waals surface area contributed by atoms with E-state index in [0.29, 0.717) is 23.3 Å². The fourth-order valence-corrected chi connectivity index (χ4v) is 4.65. The van der Waals surface area contributed by atoms with Crippen molar-refractivity contribution in [2.75, 3.05) is 19.4 Å². The van der Waals surface area contributed by atoms with E-state index in [4.69, 9.17) is 4.74 Å². The van der Waals surface area contributed by atoms with Gasteiger partial charge < -0.3 is 9.64 Å². The van der Waals surface area contributed by atoms with E-state index in [2.05, 4.69) is 21.3 Å². The SMILES string of the molecule is CCN(C(=O)CSc1nnc(-c2ccncc2)n1-c1ccc(OC)cc1)C1=CCCCC1. The van der Waals surface area contributed by atoms with Gasteiger partial charge in [0.1, 0.15) is 5.75 Å². The number of nitrogens with zero attached hydrogens (tertiary/aromatic N) is 5. The minimum absolute atomic E-state index is 0.0976. The van der Waals surface area contributed by atoms with E-state index < -0.39 is 0 Å². The smallest absolute Gasteiger partial charge is 0.237 e. The Morgan fingerprint density at radius 1 is 1.12 bits per heavy atom. The minimum Gasteiger partial charge on any atom is -0.497 e. The summed E-state index contributed by atoms with van der Waals surface area (Å²) in [6.07, 6.45) is 10.0. The molecule has 3 aromatic rings. The maximum Gasteiger partial charge on any atom is 0.237 e. The van der Waals surface area contributed by atoms with Gasteiger partial charge in [-0.25, -0.2) is 0 Å². The number of hydrogen-bond acceptors (Lipinski definition) is 6. The zero-order valence-corrected chi connectivity index (χ0v) is 19.2. The lowest BCUT2D eigenvalue weighted by Gasteiger charge is -2.26. The number of aromatic nitrogens is 4. The highest BCUT2D eigenvalue weighted by Gasteiger charge is 2.21. The maximum atomic E-state index is 13.0. The highest BCUT2D eigenvalue weighted by Crippen LogP contribution is 2.29. The van der Waals surface area contributed by atoms with E-state index in [1.807, 2.05) is 52.8 Å². The quantitative estimate of drug-likeness (QED) is 0.463. The van der Waals surface area contributed by atoms with E-state index in [1.54, 1.807) is 19.5 Å². The molecular formula is C24H27N5O2S. The van der Waals surface area contributed by atoms with Gasteiger partial charge in [0.25, 0.3) is 0 Å². The molecule has 0 bridgehead atoms. The molecule has 166 valence electrons. The lowest BCUT2D eigenvalue weighted by atomic mass is 10.0. The lowest BCUT2D eigenvalue weighted by Crippen LogP contribution is -2.32. The van der Waals surface area contributed by atoms with Gasteiger partial charge in [-0.2, -0.15) is 0 Å². The Hall–Kier alpha value is -3.13. The van der Waals surface area contributed by atoms with Crippen molar-refractivity contribution >= 4 is 17.7 Å². The molecule has 1 amide bonds. The molecule has 0 spiro atoms. The molecule has 0 unspecified atom stereocenters. The number of carbonyl (C=O) groups excluding carboxylic acids is 1. The van der Waals surface area contributed by atoms with Crippen LogP contribution >= 0.6 is 11.8 Å². The number of benzene rings is 1. The van der Waals surface area contributed by atoms with Crippen LogP contribution in [0.15, 0.2) is 65.7 Å². The first-order valence-electron chi connectivity index (χ1n) is 10.8. The van der Waals surface area contributed by atoms with Crippen molar-refractivity contribution in [1.82, 2.24) is 24.6 Å². The van der Waals surface area contributed by atoms with Gasteiger partial charge in [-0.05, 0) is 69.0 Å². The van der Waals surface area contributed by atoms with Gasteiger partial charge in [0.05, 0.1) is 12.9 Å². The Kier molecular flexibility index (Phi) is 7.21. The number of rotatable bonds is 8. The Morgan fingerprint density at radius 2 is 1.91 bits per heavy atom. The number of allylic oxidation sites excluding steroid dienone is 2. The average Bonchev–Trinajstić information content (AvgIpc) is 3.28. The van der Waals surface area contributed by atoms with Crippen LogP contribution in [0.1, 0.15) is 32.6 Å². The minimum atomic E-state index is 0.0976. The van der Waals surface area contributed by atoms with Crippen LogP contribution in [0.25, 0.3) is 17.1 Å². The van der Waals surface area contributed by atoms with Crippen molar-refractivity contribution in [3.63, 3.8) is 0 Å². The second-order valence-electron chi connectivity index (χ2n) is 7.44. The molecule has 1 aromatic carbocycles. The van der Waals surface area contributed by atoms with E-state index >= 15 is 0 Å². The molecule has 0 N–H and O–H groups in total. The van der Waals surface area contributed by atoms with Crippen molar-refractivity contribution in [1.29, 1.82) is 0 Å². The van der Waals surface area contributed by atoms with Gasteiger partial charge in [0, 0.05) is 35.9 Å². The van der Waals surface area contributed by atoms with E-state index in [-0.39, 0.29) is 5.91 Å². The van der Waals surface area contributed by atoms with Crippen molar-refractivity contribution in [2.24, 2.45) is 0 Å². The van der Waals surface area contributed by atoms with E-state index in [1.165, 1.54) is 18.2 Å². The van der Waals surface area contributed by atoms with Crippen LogP contribution < -0.4 is 4.74 Å². The molecule has 32 heavy (non-hydrogen) atoms. The number of amides is 1. The third kappa shape index (κ3) is 4.85. The van der Waals surface area contributed by atoms with E-state index in [9.17, 15) is 4.79 Å². The number of pyridine rings is 1. The van der Waals surface area contributed by atoms with Crippen molar-refractivity contribution in [2.45, 2.75) is 37.8 Å². The fourth-order valence-electron chi connectivity index (χ4n) is 3.83. The predicted molar refractivity (Wildman–Crippen MR) is 126 cm³/mol. The topological polar surface area (TPSA) is 73.1 Å². The van der Waals surface area contributed by atoms with Gasteiger partial charge in [0.15, 0.2) is 11.0 Å². The van der Waals surface area contributed by atoms with Gasteiger partial charge >= 0.3 is 0 Å². The highest BCUT2D eigenvalue weighted by atomic mass is 32.2. The summed E-state index contributed by atoms with van der Waals surface area (Å²) < 4.78 is 7.27. The van der Waals surface area contributed by atoms with Gasteiger partial charge in [-0.15, -0.1) is 10.2 Å². The molecule has 2 aromatic heterocycles. The van der Waals surface area contributed by atoms with Crippen LogP contribution in [0.4, 0.5) is 0 Å². The summed E-state index contributed by atoms with van der Waals surface area (Å²) in [5, 5.41) is 9.53. The zero-order valence-electron chi connectivity index (χ0n) is 18.4. The second kappa shape index (κ2) is 10.5. The van der Waals surface area contributed by atoms with Gasteiger partial charge in [0.2, 0.25) is 5.91 Å². The number of ether oxygens (including phenoxy) is 1. The molecule has 0 saturated heterocycles. The summed E-state index contributed by atoms with van der Waals surface area (Å²) in [5.41, 5.74) is 2.96. The summed E-state index contributed by atoms with van der Waals surface area (Å²) in [6.45, 7) is 2.71. The lowest BCUT2D eigenvalue weighted by molar-refractivity contribution is -0.126. The maximum absolute atomic E-state index is 13.0. The van der Waals surface area contributed by atoms with Crippen molar-refractivity contribution < 1.29 is 9.53 Å². The monoisotopic (exact) mass is 449 g/mol. The molecule has 0 fully saturated rings. The summed E-state index contributed by atoms with van der Waals surface area (Å²) in [5.74, 6) is 1.88. The van der Waals surface area contributed by atoms with Crippen molar-refractivity contribution in [3.8, 4) is 22.8 Å². The normalized spacial score (nSPS) is 13.5. The number of hydrogen-bond donors (Lipinski definition) is 0. The van der Waals surface area contributed by atoms with Crippen molar-refractivity contribution in [3.05, 3.63) is 60.6 Å². The molecule has 0 aliphatic heterocycles. The predicted octanol–water partition coefficient (Wildman–Crippen LogP) is 4.74. The molecule has 7 nitrogen and oxygen atoms in total. The summed E-state index contributed by atoms with van der Waals surface area (Å²) in [4.78, 5) is 19.0. The van der Waals surface area contributed by atoms with Crippen LogP contribution in [-0.4, -0.2) is 50.0 Å². The largest absolute Gasteiger partial charge is 0.497 e. The average molecular weight is 450 g/mol. The Balaban J connectivity index is 1.61. The second-order valence-corrected chi connectivity index (χ2v) is 8.39. The molecule has 1 aliphatic carbocycles. The summed E-state index contributed by atoms with van der Waals surface area (Å²) in [7, 11) is 1.64. The molecule has 0 atom stereocenters. The molecule has 8 heteroatoms. The molecule has 0 radical (unpaired) electrons. The number of thioether (sulfide) groups is 1. The molecule has 0 saturated carbocycles. The molecule has 2 heterocycles. The van der Waals surface area contributed by atoms with Gasteiger partial charge in [-0.1, -0.05) is 17.8 Å². The van der Waals surface area contributed by atoms with Crippen LogP contribution in [0.3, 0.4) is 0 Å². The summed E-state index contributed by atoms with van der Waals surface area (Å²) in [6, 6.07) is 11.5. The Bertz CT molecular complexity index is 1080. The Labute approximate surface area is 192 Å². The number of carbonyl (C=O) groups is 1. The Morgan fingerprint density at radius 3 is 2.56 bits per heavy atom. The van der Waals surface area contributed by atoms with Gasteiger partial charge in [-0.3, -0.25) is 14.3 Å². The standard InChI is InChI=1S/C24H27N5O2S/c1-3-28(19-7-5-4-6-8-19)22(30)17-32-24-27-26-23(18-13-15-25-16-14-18)29(24)20-9-11-21(31-2)12-10-20/h7,9-16H,3-6,8,17H2,1-2H3. The van der Waals surface area contributed by atoms with E-state index in [0.717, 1.165) is 42.0 Å². The molecule has 4 rings (SSSR count). The van der Waals surface area contributed by atoms with Crippen LogP contribution in [0.2, 0.25) is 0 Å². The zero-order chi connectivity index (χ0) is 22.3. The number of methoxy groups -OCH3 is 1. The van der Waals surface area contributed by atoms with Crippen LogP contribution in [0.5, 0.6) is 5.75 Å².